The molecule has 0 fully saturated rings. The summed E-state index contributed by atoms with van der Waals surface area (Å²) in [7, 11) is 1.95. The van der Waals surface area contributed by atoms with Gasteiger partial charge in [0.25, 0.3) is 0 Å². The molecule has 0 spiro atoms. The van der Waals surface area contributed by atoms with Gasteiger partial charge < -0.3 is 5.32 Å². The zero-order chi connectivity index (χ0) is 8.10. The minimum atomic E-state index is 0.376. The maximum Gasteiger partial charge on any atom is 0.0515 e. The van der Waals surface area contributed by atoms with Crippen molar-refractivity contribution in [3.63, 3.8) is 0 Å². The number of alkyl halides is 1. The predicted molar refractivity (Wildman–Crippen MR) is 53.0 cm³/mol. The highest BCUT2D eigenvalue weighted by Crippen LogP contribution is 2.11. The highest BCUT2D eigenvalue weighted by Gasteiger charge is 1.98. The number of rotatable bonds is 2. The van der Waals surface area contributed by atoms with Crippen LogP contribution in [0.5, 0.6) is 0 Å². The quantitative estimate of drug-likeness (QED) is 0.693. The Morgan fingerprint density at radius 2 is 2.36 bits per heavy atom. The summed E-state index contributed by atoms with van der Waals surface area (Å²) in [5, 5.41) is 3.12. The second-order valence-corrected chi connectivity index (χ2v) is 3.52. The third-order valence-corrected chi connectivity index (χ3v) is 2.04. The maximum absolute atomic E-state index is 3.52. The van der Waals surface area contributed by atoms with Crippen LogP contribution in [0, 0.1) is 0 Å². The van der Waals surface area contributed by atoms with Gasteiger partial charge in [0.05, 0.1) is 4.83 Å². The SMILES string of the molecule is CNCC1=CC(Br)C=CC=C1. The number of hydrogen-bond acceptors (Lipinski definition) is 1. The van der Waals surface area contributed by atoms with Crippen LogP contribution in [0.1, 0.15) is 0 Å². The van der Waals surface area contributed by atoms with Crippen molar-refractivity contribution >= 4 is 15.9 Å². The molecule has 0 aromatic heterocycles. The molecule has 0 saturated heterocycles. The Labute approximate surface area is 76.0 Å². The van der Waals surface area contributed by atoms with Crippen molar-refractivity contribution < 1.29 is 0 Å². The van der Waals surface area contributed by atoms with Gasteiger partial charge in [0, 0.05) is 6.54 Å². The van der Waals surface area contributed by atoms with E-state index >= 15 is 0 Å². The first-order valence-corrected chi connectivity index (χ1v) is 4.59. The molecule has 0 heterocycles. The van der Waals surface area contributed by atoms with Gasteiger partial charge in [-0.25, -0.2) is 0 Å². The lowest BCUT2D eigenvalue weighted by molar-refractivity contribution is 0.893. The summed E-state index contributed by atoms with van der Waals surface area (Å²) in [6, 6.07) is 0. The Morgan fingerprint density at radius 1 is 1.55 bits per heavy atom. The Hall–Kier alpha value is -0.340. The fourth-order valence-electron chi connectivity index (χ4n) is 0.987. The standard InChI is InChI=1S/C9H12BrN/c1-11-7-8-4-2-3-5-9(10)6-8/h2-6,9,11H,7H2,1H3. The molecule has 2 heteroatoms. The molecule has 1 N–H and O–H groups in total. The number of halogens is 1. The van der Waals surface area contributed by atoms with Gasteiger partial charge in [-0.2, -0.15) is 0 Å². The lowest BCUT2D eigenvalue weighted by Crippen LogP contribution is -2.09. The first-order valence-electron chi connectivity index (χ1n) is 3.67. The van der Waals surface area contributed by atoms with E-state index in [-0.39, 0.29) is 0 Å². The summed E-state index contributed by atoms with van der Waals surface area (Å²) < 4.78 is 0. The van der Waals surface area contributed by atoms with Gasteiger partial charge in [0.2, 0.25) is 0 Å². The van der Waals surface area contributed by atoms with Crippen molar-refractivity contribution in [1.82, 2.24) is 5.32 Å². The maximum atomic E-state index is 3.52. The van der Waals surface area contributed by atoms with Crippen LogP contribution in [0.4, 0.5) is 0 Å². The van der Waals surface area contributed by atoms with Gasteiger partial charge in [-0.05, 0) is 12.6 Å². The monoisotopic (exact) mass is 213 g/mol. The van der Waals surface area contributed by atoms with Crippen LogP contribution in [0.2, 0.25) is 0 Å². The van der Waals surface area contributed by atoms with Gasteiger partial charge in [0.15, 0.2) is 0 Å². The van der Waals surface area contributed by atoms with E-state index in [0.29, 0.717) is 4.83 Å². The molecule has 0 saturated carbocycles. The summed E-state index contributed by atoms with van der Waals surface area (Å²) in [5.41, 5.74) is 1.32. The molecule has 0 aliphatic heterocycles. The van der Waals surface area contributed by atoms with Crippen molar-refractivity contribution in [2.45, 2.75) is 4.83 Å². The molecule has 0 aromatic rings. The lowest BCUT2D eigenvalue weighted by Gasteiger charge is -2.00. The molecule has 0 radical (unpaired) electrons. The Kier molecular flexibility index (Phi) is 3.60. The Morgan fingerprint density at radius 3 is 3.09 bits per heavy atom. The third kappa shape index (κ3) is 3.04. The lowest BCUT2D eigenvalue weighted by atomic mass is 10.2. The predicted octanol–water partition coefficient (Wildman–Crippen LogP) is 2.02. The van der Waals surface area contributed by atoms with Crippen molar-refractivity contribution in [2.24, 2.45) is 0 Å². The fourth-order valence-corrected chi connectivity index (χ4v) is 1.50. The van der Waals surface area contributed by atoms with Crippen LogP contribution in [0.25, 0.3) is 0 Å². The molecule has 11 heavy (non-hydrogen) atoms. The van der Waals surface area contributed by atoms with Crippen molar-refractivity contribution in [2.75, 3.05) is 13.6 Å². The van der Waals surface area contributed by atoms with Crippen LogP contribution >= 0.6 is 15.9 Å². The van der Waals surface area contributed by atoms with Crippen molar-refractivity contribution in [3.8, 4) is 0 Å². The highest BCUT2D eigenvalue weighted by atomic mass is 79.9. The second-order valence-electron chi connectivity index (χ2n) is 2.46. The van der Waals surface area contributed by atoms with E-state index < -0.39 is 0 Å². The zero-order valence-electron chi connectivity index (χ0n) is 6.55. The van der Waals surface area contributed by atoms with Gasteiger partial charge in [-0.3, -0.25) is 0 Å². The van der Waals surface area contributed by atoms with Crippen LogP contribution in [0.15, 0.2) is 36.0 Å². The van der Waals surface area contributed by atoms with Crippen molar-refractivity contribution in [3.05, 3.63) is 36.0 Å². The van der Waals surface area contributed by atoms with E-state index in [1.807, 2.05) is 7.05 Å². The van der Waals surface area contributed by atoms with Crippen LogP contribution < -0.4 is 5.32 Å². The van der Waals surface area contributed by atoms with E-state index in [1.54, 1.807) is 0 Å². The molecule has 60 valence electrons. The summed E-state index contributed by atoms with van der Waals surface area (Å²) in [4.78, 5) is 0.376. The first-order chi connectivity index (χ1) is 5.33. The van der Waals surface area contributed by atoms with Crippen molar-refractivity contribution in [1.29, 1.82) is 0 Å². The molecule has 0 amide bonds. The van der Waals surface area contributed by atoms with E-state index in [2.05, 4.69) is 51.6 Å². The summed E-state index contributed by atoms with van der Waals surface area (Å²) in [6.07, 6.45) is 10.5. The minimum Gasteiger partial charge on any atom is -0.316 e. The normalized spacial score (nSPS) is 23.1. The molecule has 0 aromatic carbocycles. The van der Waals surface area contributed by atoms with Crippen LogP contribution in [-0.2, 0) is 0 Å². The molecule has 1 unspecified atom stereocenters. The highest BCUT2D eigenvalue weighted by molar-refractivity contribution is 9.09. The molecule has 1 nitrogen and oxygen atoms in total. The number of nitrogens with one attached hydrogen (secondary N) is 1. The molecule has 1 atom stereocenters. The van der Waals surface area contributed by atoms with E-state index in [1.165, 1.54) is 5.57 Å². The average Bonchev–Trinajstić information content (AvgIpc) is 2.15. The average molecular weight is 214 g/mol. The first kappa shape index (κ1) is 8.75. The largest absolute Gasteiger partial charge is 0.316 e. The van der Waals surface area contributed by atoms with E-state index in [0.717, 1.165) is 6.54 Å². The van der Waals surface area contributed by atoms with E-state index in [9.17, 15) is 0 Å². The van der Waals surface area contributed by atoms with Gasteiger partial charge in [-0.15, -0.1) is 0 Å². The Bertz CT molecular complexity index is 204. The number of hydrogen-bond donors (Lipinski definition) is 1. The topological polar surface area (TPSA) is 12.0 Å². The summed E-state index contributed by atoms with van der Waals surface area (Å²) in [5.74, 6) is 0. The van der Waals surface area contributed by atoms with Gasteiger partial charge >= 0.3 is 0 Å². The smallest absolute Gasteiger partial charge is 0.0515 e. The number of allylic oxidation sites excluding steroid dienone is 4. The molecule has 1 aliphatic carbocycles. The third-order valence-electron chi connectivity index (χ3n) is 1.47. The summed E-state index contributed by atoms with van der Waals surface area (Å²) >= 11 is 3.52. The van der Waals surface area contributed by atoms with Gasteiger partial charge in [-0.1, -0.05) is 46.3 Å². The molecular formula is C9H12BrN. The molecule has 0 bridgehead atoms. The summed E-state index contributed by atoms with van der Waals surface area (Å²) in [6.45, 7) is 0.931. The minimum absolute atomic E-state index is 0.376. The zero-order valence-corrected chi connectivity index (χ0v) is 8.14. The van der Waals surface area contributed by atoms with E-state index in [4.69, 9.17) is 0 Å². The molecule has 1 rings (SSSR count). The fraction of sp³-hybridized carbons (Fsp3) is 0.333. The van der Waals surface area contributed by atoms with Crippen LogP contribution in [0.3, 0.4) is 0 Å². The molecular weight excluding hydrogens is 202 g/mol. The van der Waals surface area contributed by atoms with Gasteiger partial charge in [0.1, 0.15) is 0 Å². The second kappa shape index (κ2) is 4.52. The number of likely N-dealkylation sites (N-methyl/N-ethyl adjacent to an activating group) is 1. The molecule has 1 aliphatic rings. The van der Waals surface area contributed by atoms with Crippen LogP contribution in [-0.4, -0.2) is 18.4 Å². The Balaban J connectivity index is 2.63.